The second-order valence-corrected chi connectivity index (χ2v) is 11.6. The maximum atomic E-state index is 12.9. The predicted octanol–water partition coefficient (Wildman–Crippen LogP) is 4.31. The van der Waals surface area contributed by atoms with Gasteiger partial charge in [-0.25, -0.2) is 18.1 Å². The molecule has 1 atom stereocenters. The lowest BCUT2D eigenvalue weighted by Gasteiger charge is -2.26. The summed E-state index contributed by atoms with van der Waals surface area (Å²) < 4.78 is 33.8. The van der Waals surface area contributed by atoms with Crippen LogP contribution in [0.3, 0.4) is 0 Å². The fourth-order valence-corrected chi connectivity index (χ4v) is 7.14. The van der Waals surface area contributed by atoms with Crippen molar-refractivity contribution in [3.8, 4) is 10.6 Å². The van der Waals surface area contributed by atoms with Crippen LogP contribution >= 0.6 is 22.7 Å². The zero-order valence-electron chi connectivity index (χ0n) is 17.5. The van der Waals surface area contributed by atoms with Gasteiger partial charge in [0, 0.05) is 36.5 Å². The van der Waals surface area contributed by atoms with Gasteiger partial charge in [0.15, 0.2) is 0 Å². The number of amides is 1. The molecule has 1 saturated heterocycles. The van der Waals surface area contributed by atoms with Crippen LogP contribution in [0, 0.1) is 6.92 Å². The number of nitrogens with zero attached hydrogens (tertiary/aromatic N) is 2. The zero-order chi connectivity index (χ0) is 22.0. The first-order chi connectivity index (χ1) is 14.8. The number of sulfonamides is 1. The molecule has 0 spiro atoms. The zero-order valence-corrected chi connectivity index (χ0v) is 19.9. The highest BCUT2D eigenvalue weighted by atomic mass is 32.2. The number of nitrogens with one attached hydrogen (secondary N) is 1. The molecule has 0 unspecified atom stereocenters. The van der Waals surface area contributed by atoms with Crippen LogP contribution in [0.2, 0.25) is 0 Å². The van der Waals surface area contributed by atoms with Crippen LogP contribution in [0.15, 0.2) is 38.5 Å². The Kier molecular flexibility index (Phi) is 6.61. The molecule has 4 heterocycles. The van der Waals surface area contributed by atoms with Crippen LogP contribution in [0.1, 0.15) is 47.3 Å². The summed E-state index contributed by atoms with van der Waals surface area (Å²) in [5, 5.41) is 2.44. The maximum absolute atomic E-state index is 12.9. The minimum absolute atomic E-state index is 0.0254. The van der Waals surface area contributed by atoms with Gasteiger partial charge in [-0.3, -0.25) is 4.79 Å². The molecule has 4 rings (SSSR count). The number of carbonyl (C=O) groups is 1. The number of aryl methyl sites for hydroxylation is 1. The van der Waals surface area contributed by atoms with Crippen LogP contribution in [0.4, 0.5) is 0 Å². The third kappa shape index (κ3) is 5.08. The third-order valence-corrected chi connectivity index (χ3v) is 9.39. The molecule has 166 valence electrons. The fourth-order valence-electron chi connectivity index (χ4n) is 3.62. The summed E-state index contributed by atoms with van der Waals surface area (Å²) in [4.78, 5) is 19.9. The van der Waals surface area contributed by atoms with Gasteiger partial charge in [0.1, 0.15) is 19.9 Å². The Bertz CT molecular complexity index is 1140. The Hall–Kier alpha value is -2.01. The normalized spacial score (nSPS) is 15.9. The highest BCUT2D eigenvalue weighted by Gasteiger charge is 2.25. The summed E-state index contributed by atoms with van der Waals surface area (Å²) in [7, 11) is -3.66. The number of hydrogen-bond acceptors (Lipinski definition) is 7. The number of hydrogen-bond donors (Lipinski definition) is 1. The van der Waals surface area contributed by atoms with Gasteiger partial charge in [-0.1, -0.05) is 0 Å². The van der Waals surface area contributed by atoms with Crippen molar-refractivity contribution in [1.82, 2.24) is 14.6 Å². The Morgan fingerprint density at radius 2 is 2.10 bits per heavy atom. The number of aromatic nitrogens is 1. The van der Waals surface area contributed by atoms with Crippen molar-refractivity contribution < 1.29 is 17.6 Å². The molecule has 1 fully saturated rings. The first-order valence-electron chi connectivity index (χ1n) is 10.2. The molecule has 3 aromatic heterocycles. The van der Waals surface area contributed by atoms with E-state index < -0.39 is 10.0 Å². The topological polar surface area (TPSA) is 92.5 Å². The maximum Gasteiger partial charge on any atom is 0.265 e. The number of rotatable bonds is 7. The molecule has 10 heteroatoms. The van der Waals surface area contributed by atoms with E-state index in [1.165, 1.54) is 11.3 Å². The van der Waals surface area contributed by atoms with Gasteiger partial charge in [-0.2, -0.15) is 0 Å². The molecule has 1 amide bonds. The second kappa shape index (κ2) is 9.23. The van der Waals surface area contributed by atoms with Gasteiger partial charge in [0.2, 0.25) is 10.0 Å². The summed E-state index contributed by atoms with van der Waals surface area (Å²) in [6, 6.07) is 4.92. The van der Waals surface area contributed by atoms with Crippen LogP contribution in [0.5, 0.6) is 0 Å². The molecule has 1 aliphatic heterocycles. The summed E-state index contributed by atoms with van der Waals surface area (Å²) in [5.41, 5.74) is 1.41. The molecule has 7 nitrogen and oxygen atoms in total. The largest absolute Gasteiger partial charge is 0.469 e. The van der Waals surface area contributed by atoms with Crippen LogP contribution in [-0.2, 0) is 16.4 Å². The van der Waals surface area contributed by atoms with Crippen molar-refractivity contribution in [2.45, 2.75) is 49.8 Å². The molecule has 0 saturated carbocycles. The van der Waals surface area contributed by atoms with E-state index in [-0.39, 0.29) is 16.2 Å². The van der Waals surface area contributed by atoms with Crippen molar-refractivity contribution in [1.29, 1.82) is 0 Å². The quantitative estimate of drug-likeness (QED) is 0.545. The Labute approximate surface area is 190 Å². The van der Waals surface area contributed by atoms with E-state index in [1.807, 2.05) is 17.9 Å². The van der Waals surface area contributed by atoms with E-state index in [0.29, 0.717) is 22.0 Å². The van der Waals surface area contributed by atoms with Gasteiger partial charge >= 0.3 is 0 Å². The van der Waals surface area contributed by atoms with Crippen molar-refractivity contribution in [2.75, 3.05) is 13.1 Å². The van der Waals surface area contributed by atoms with E-state index in [2.05, 4.69) is 9.71 Å². The van der Waals surface area contributed by atoms with Gasteiger partial charge in [-0.15, -0.1) is 22.7 Å². The molecule has 1 N–H and O–H groups in total. The highest BCUT2D eigenvalue weighted by molar-refractivity contribution is 7.91. The molecular formula is C21H25N3O4S3. The molecule has 3 aromatic rings. The van der Waals surface area contributed by atoms with Crippen LogP contribution in [-0.4, -0.2) is 43.3 Å². The minimum atomic E-state index is -3.66. The number of thiazole rings is 1. The van der Waals surface area contributed by atoms with Crippen LogP contribution in [0.25, 0.3) is 10.6 Å². The Balaban J connectivity index is 1.48. The first-order valence-corrected chi connectivity index (χ1v) is 13.4. The third-order valence-electron chi connectivity index (χ3n) is 5.17. The van der Waals surface area contributed by atoms with E-state index in [9.17, 15) is 13.2 Å². The second-order valence-electron chi connectivity index (χ2n) is 7.75. The van der Waals surface area contributed by atoms with Gasteiger partial charge in [0.25, 0.3) is 5.91 Å². The van der Waals surface area contributed by atoms with Crippen molar-refractivity contribution >= 4 is 38.6 Å². The number of thiophene rings is 1. The lowest BCUT2D eigenvalue weighted by Crippen LogP contribution is -2.35. The molecule has 31 heavy (non-hydrogen) atoms. The van der Waals surface area contributed by atoms with E-state index >= 15 is 0 Å². The van der Waals surface area contributed by atoms with Crippen molar-refractivity contribution in [3.05, 3.63) is 46.2 Å². The smallest absolute Gasteiger partial charge is 0.265 e. The van der Waals surface area contributed by atoms with Gasteiger partial charge in [0.05, 0.1) is 12.0 Å². The van der Waals surface area contributed by atoms with Gasteiger partial charge in [-0.05, 0) is 51.3 Å². The van der Waals surface area contributed by atoms with E-state index in [1.54, 1.807) is 30.7 Å². The predicted molar refractivity (Wildman–Crippen MR) is 122 cm³/mol. The monoisotopic (exact) mass is 479 g/mol. The van der Waals surface area contributed by atoms with E-state index in [0.717, 1.165) is 55.0 Å². The average molecular weight is 480 g/mol. The molecule has 0 aromatic carbocycles. The summed E-state index contributed by atoms with van der Waals surface area (Å²) >= 11 is 2.48. The summed E-state index contributed by atoms with van der Waals surface area (Å²) in [6.07, 6.45) is 5.28. The number of carbonyl (C=O) groups excluding carboxylic acids is 1. The lowest BCUT2D eigenvalue weighted by molar-refractivity contribution is 0.0728. The SMILES string of the molecule is Cc1nc(-c2csc(S(=O)(=O)N[C@@H](C)Cc3ccco3)c2)sc1C(=O)N1CCCCC1. The molecule has 1 aliphatic rings. The van der Waals surface area contributed by atoms with Crippen LogP contribution < -0.4 is 4.72 Å². The Morgan fingerprint density at radius 1 is 1.32 bits per heavy atom. The minimum Gasteiger partial charge on any atom is -0.469 e. The highest BCUT2D eigenvalue weighted by Crippen LogP contribution is 2.33. The first kappa shape index (κ1) is 22.2. The fraction of sp³-hybridized carbons (Fsp3) is 0.429. The molecule has 0 bridgehead atoms. The molecular weight excluding hydrogens is 454 g/mol. The average Bonchev–Trinajstić information content (AvgIpc) is 3.48. The van der Waals surface area contributed by atoms with Crippen molar-refractivity contribution in [2.24, 2.45) is 0 Å². The summed E-state index contributed by atoms with van der Waals surface area (Å²) in [6.45, 7) is 5.21. The standard InChI is InChI=1S/C21H25N3O4S3/c1-14(11-17-7-6-10-28-17)23-31(26,27)18-12-16(13-29-18)20-22-15(2)19(30-20)21(25)24-8-4-3-5-9-24/h6-7,10,12-14,23H,3-5,8-9,11H2,1-2H3/t14-/m0/s1. The summed E-state index contributed by atoms with van der Waals surface area (Å²) in [5.74, 6) is 0.753. The van der Waals surface area contributed by atoms with Crippen molar-refractivity contribution in [3.63, 3.8) is 0 Å². The number of furan rings is 1. The van der Waals surface area contributed by atoms with Gasteiger partial charge < -0.3 is 9.32 Å². The Morgan fingerprint density at radius 3 is 2.81 bits per heavy atom. The molecule has 0 radical (unpaired) electrons. The van der Waals surface area contributed by atoms with E-state index in [4.69, 9.17) is 4.42 Å². The molecule has 0 aliphatic carbocycles. The number of likely N-dealkylation sites (tertiary alicyclic amines) is 1. The number of piperidine rings is 1. The lowest BCUT2D eigenvalue weighted by atomic mass is 10.1.